The number of aryl methyl sites for hydroxylation is 1. The third-order valence-corrected chi connectivity index (χ3v) is 5.09. The second kappa shape index (κ2) is 8.13. The van der Waals surface area contributed by atoms with Gasteiger partial charge in [-0.15, -0.1) is 0 Å². The number of nitrogens with one attached hydrogen (secondary N) is 2. The molecule has 0 unspecified atom stereocenters. The number of anilines is 2. The Bertz CT molecular complexity index is 1060. The summed E-state index contributed by atoms with van der Waals surface area (Å²) in [6.07, 6.45) is 0. The van der Waals surface area contributed by atoms with Crippen LogP contribution in [0.1, 0.15) is 23.2 Å². The maximum Gasteiger partial charge on any atom is 0.294 e. The Morgan fingerprint density at radius 3 is 2.29 bits per heavy atom. The number of carbonyl (C=O) groups excluding carboxylic acids is 1. The summed E-state index contributed by atoms with van der Waals surface area (Å²) >= 11 is 0. The summed E-state index contributed by atoms with van der Waals surface area (Å²) in [6, 6.07) is 13.9. The van der Waals surface area contributed by atoms with E-state index in [2.05, 4.69) is 15.2 Å². The van der Waals surface area contributed by atoms with E-state index in [0.717, 1.165) is 0 Å². The van der Waals surface area contributed by atoms with Gasteiger partial charge in [0.05, 0.1) is 17.2 Å². The van der Waals surface area contributed by atoms with Crippen LogP contribution < -0.4 is 14.8 Å². The van der Waals surface area contributed by atoms with Gasteiger partial charge in [-0.1, -0.05) is 5.16 Å². The van der Waals surface area contributed by atoms with Gasteiger partial charge in [-0.05, 0) is 62.4 Å². The molecule has 2 aromatic carbocycles. The van der Waals surface area contributed by atoms with Crippen LogP contribution >= 0.6 is 0 Å². The van der Waals surface area contributed by atoms with Crippen molar-refractivity contribution in [3.63, 3.8) is 0 Å². The number of nitrogens with zero attached hydrogens (tertiary/aromatic N) is 1. The molecule has 0 bridgehead atoms. The number of aromatic nitrogens is 1. The molecule has 0 aliphatic carbocycles. The first-order valence-electron chi connectivity index (χ1n) is 8.48. The van der Waals surface area contributed by atoms with Crippen molar-refractivity contribution in [2.24, 2.45) is 0 Å². The lowest BCUT2D eigenvalue weighted by Gasteiger charge is -2.10. The van der Waals surface area contributed by atoms with Crippen molar-refractivity contribution < 1.29 is 22.5 Å². The van der Waals surface area contributed by atoms with Gasteiger partial charge in [-0.2, -0.15) is 0 Å². The Morgan fingerprint density at radius 2 is 1.71 bits per heavy atom. The zero-order chi connectivity index (χ0) is 20.1. The van der Waals surface area contributed by atoms with E-state index in [1.807, 2.05) is 6.92 Å². The number of rotatable bonds is 7. The molecule has 3 aromatic rings. The predicted octanol–water partition coefficient (Wildman–Crippen LogP) is 3.43. The summed E-state index contributed by atoms with van der Waals surface area (Å²) in [5.74, 6) is 0.266. The molecular formula is C19H19N3O5S. The monoisotopic (exact) mass is 401 g/mol. The number of carbonyl (C=O) groups is 1. The number of hydrogen-bond donors (Lipinski definition) is 2. The second-order valence-corrected chi connectivity index (χ2v) is 7.56. The minimum absolute atomic E-state index is 0.0647. The largest absolute Gasteiger partial charge is 0.494 e. The summed E-state index contributed by atoms with van der Waals surface area (Å²) in [5, 5.41) is 6.27. The van der Waals surface area contributed by atoms with Gasteiger partial charge in [0.25, 0.3) is 15.9 Å². The molecule has 3 rings (SSSR count). The lowest BCUT2D eigenvalue weighted by molar-refractivity contribution is 0.0988. The Kier molecular flexibility index (Phi) is 5.65. The highest BCUT2D eigenvalue weighted by atomic mass is 32.2. The smallest absolute Gasteiger partial charge is 0.294 e. The van der Waals surface area contributed by atoms with Crippen molar-refractivity contribution in [2.75, 3.05) is 16.6 Å². The molecule has 28 heavy (non-hydrogen) atoms. The molecular weight excluding hydrogens is 382 g/mol. The highest BCUT2D eigenvalue weighted by molar-refractivity contribution is 7.92. The Hall–Kier alpha value is -3.33. The molecule has 0 atom stereocenters. The maximum atomic E-state index is 12.5. The summed E-state index contributed by atoms with van der Waals surface area (Å²) in [7, 11) is -3.76. The molecule has 0 saturated heterocycles. The molecule has 0 aliphatic heterocycles. The Balaban J connectivity index is 1.68. The van der Waals surface area contributed by atoms with E-state index in [1.54, 1.807) is 31.2 Å². The normalized spacial score (nSPS) is 11.1. The second-order valence-electron chi connectivity index (χ2n) is 5.87. The van der Waals surface area contributed by atoms with Gasteiger partial charge >= 0.3 is 0 Å². The highest BCUT2D eigenvalue weighted by Gasteiger charge is 2.16. The Labute approximate surface area is 162 Å². The van der Waals surface area contributed by atoms with Gasteiger partial charge in [-0.25, -0.2) is 8.42 Å². The van der Waals surface area contributed by atoms with E-state index < -0.39 is 15.9 Å². The van der Waals surface area contributed by atoms with Crippen LogP contribution in [0.4, 0.5) is 11.4 Å². The van der Waals surface area contributed by atoms with Crippen molar-refractivity contribution in [3.05, 3.63) is 66.1 Å². The van der Waals surface area contributed by atoms with Gasteiger partial charge in [0.1, 0.15) is 5.75 Å². The summed E-state index contributed by atoms with van der Waals surface area (Å²) in [5.41, 5.74) is 1.44. The van der Waals surface area contributed by atoms with Gasteiger partial charge in [0.15, 0.2) is 0 Å². The average Bonchev–Trinajstić information content (AvgIpc) is 3.10. The number of benzene rings is 2. The summed E-state index contributed by atoms with van der Waals surface area (Å²) in [6.45, 7) is 4.11. The van der Waals surface area contributed by atoms with Crippen LogP contribution in [0.2, 0.25) is 0 Å². The van der Waals surface area contributed by atoms with Crippen molar-refractivity contribution in [2.45, 2.75) is 18.7 Å². The van der Waals surface area contributed by atoms with Crippen LogP contribution in [0.5, 0.6) is 5.75 Å². The fraction of sp³-hybridized carbons (Fsp3) is 0.158. The fourth-order valence-corrected chi connectivity index (χ4v) is 3.44. The van der Waals surface area contributed by atoms with Crippen LogP contribution in [-0.4, -0.2) is 26.1 Å². The molecule has 146 valence electrons. The predicted molar refractivity (Wildman–Crippen MR) is 104 cm³/mol. The van der Waals surface area contributed by atoms with Crippen molar-refractivity contribution >= 4 is 27.3 Å². The molecule has 2 N–H and O–H groups in total. The van der Waals surface area contributed by atoms with Gasteiger partial charge in [-0.3, -0.25) is 9.52 Å². The van der Waals surface area contributed by atoms with Crippen LogP contribution in [0.15, 0.2) is 64.0 Å². The number of hydrogen-bond acceptors (Lipinski definition) is 6. The molecule has 1 heterocycles. The molecule has 0 fully saturated rings. The van der Waals surface area contributed by atoms with Gasteiger partial charge in [0.2, 0.25) is 5.76 Å². The van der Waals surface area contributed by atoms with Gasteiger partial charge < -0.3 is 14.6 Å². The zero-order valence-electron chi connectivity index (χ0n) is 15.3. The first-order valence-corrected chi connectivity index (χ1v) is 9.96. The zero-order valence-corrected chi connectivity index (χ0v) is 16.1. The molecule has 1 aromatic heterocycles. The Morgan fingerprint density at radius 1 is 1.07 bits per heavy atom. The topological polar surface area (TPSA) is 111 Å². The third-order valence-electron chi connectivity index (χ3n) is 3.69. The van der Waals surface area contributed by atoms with Crippen molar-refractivity contribution in [3.8, 4) is 5.75 Å². The molecule has 0 aliphatic rings. The molecule has 0 spiro atoms. The van der Waals surface area contributed by atoms with Crippen LogP contribution in [0.3, 0.4) is 0 Å². The SMILES string of the molecule is CCOc1ccc(NS(=O)(=O)c2ccc(NC(=O)c3cc(C)no3)cc2)cc1. The van der Waals surface area contributed by atoms with E-state index in [0.29, 0.717) is 29.4 Å². The molecule has 1 amide bonds. The highest BCUT2D eigenvalue weighted by Crippen LogP contribution is 2.21. The maximum absolute atomic E-state index is 12.5. The number of amides is 1. The molecule has 0 radical (unpaired) electrons. The fourth-order valence-electron chi connectivity index (χ4n) is 2.38. The van der Waals surface area contributed by atoms with E-state index in [4.69, 9.17) is 9.26 Å². The van der Waals surface area contributed by atoms with Crippen LogP contribution in [0, 0.1) is 6.92 Å². The third kappa shape index (κ3) is 4.68. The summed E-state index contributed by atoms with van der Waals surface area (Å²) in [4.78, 5) is 12.1. The van der Waals surface area contributed by atoms with Crippen molar-refractivity contribution in [1.29, 1.82) is 0 Å². The van der Waals surface area contributed by atoms with Crippen molar-refractivity contribution in [1.82, 2.24) is 5.16 Å². The number of sulfonamides is 1. The van der Waals surface area contributed by atoms with E-state index in [-0.39, 0.29) is 10.7 Å². The van der Waals surface area contributed by atoms with Gasteiger partial charge in [0, 0.05) is 17.4 Å². The molecule has 8 nitrogen and oxygen atoms in total. The quantitative estimate of drug-likeness (QED) is 0.627. The first kappa shape index (κ1) is 19.4. The lowest BCUT2D eigenvalue weighted by atomic mass is 10.3. The average molecular weight is 401 g/mol. The van der Waals surface area contributed by atoms with Crippen LogP contribution in [0.25, 0.3) is 0 Å². The standard InChI is InChI=1S/C19H19N3O5S/c1-3-26-16-8-4-15(5-9-16)22-28(24,25)17-10-6-14(7-11-17)20-19(23)18-12-13(2)21-27-18/h4-12,22H,3H2,1-2H3,(H,20,23). The van der Waals surface area contributed by atoms with E-state index in [9.17, 15) is 13.2 Å². The minimum atomic E-state index is -3.76. The van der Waals surface area contributed by atoms with E-state index in [1.165, 1.54) is 30.3 Å². The summed E-state index contributed by atoms with van der Waals surface area (Å²) < 4.78 is 37.8. The van der Waals surface area contributed by atoms with E-state index >= 15 is 0 Å². The number of ether oxygens (including phenoxy) is 1. The minimum Gasteiger partial charge on any atom is -0.494 e. The lowest BCUT2D eigenvalue weighted by Crippen LogP contribution is -2.14. The molecule has 9 heteroatoms. The van der Waals surface area contributed by atoms with Crippen LogP contribution in [-0.2, 0) is 10.0 Å². The first-order chi connectivity index (χ1) is 13.4. The molecule has 0 saturated carbocycles.